The summed E-state index contributed by atoms with van der Waals surface area (Å²) in [6.07, 6.45) is 4.77. The van der Waals surface area contributed by atoms with Crippen LogP contribution in [0.2, 0.25) is 0 Å². The number of carbonyl (C=O) groups excluding carboxylic acids is 2. The fourth-order valence-electron chi connectivity index (χ4n) is 3.12. The Morgan fingerprint density at radius 1 is 1.00 bits per heavy atom. The van der Waals surface area contributed by atoms with Gasteiger partial charge in [0.15, 0.2) is 0 Å². The Kier molecular flexibility index (Phi) is 6.60. The monoisotopic (exact) mass is 400 g/mol. The number of carbonyl (C=O) groups is 2. The molecule has 0 unspecified atom stereocenters. The van der Waals surface area contributed by atoms with Crippen molar-refractivity contribution in [2.45, 2.75) is 6.92 Å². The third-order valence-corrected chi connectivity index (χ3v) is 4.61. The van der Waals surface area contributed by atoms with Crippen LogP contribution in [-0.2, 0) is 0 Å². The van der Waals surface area contributed by atoms with E-state index in [1.807, 2.05) is 49.4 Å². The molecule has 1 aromatic heterocycles. The van der Waals surface area contributed by atoms with Gasteiger partial charge in [0.05, 0.1) is 11.9 Å². The Hall–Kier alpha value is -3.93. The lowest BCUT2D eigenvalue weighted by molar-refractivity contribution is 0.0792. The minimum atomic E-state index is -0.307. The van der Waals surface area contributed by atoms with E-state index in [2.05, 4.69) is 23.6 Å². The lowest BCUT2D eigenvalue weighted by Crippen LogP contribution is -2.32. The molecule has 1 heterocycles. The van der Waals surface area contributed by atoms with Gasteiger partial charge in [-0.15, -0.1) is 13.2 Å². The van der Waals surface area contributed by atoms with Crippen LogP contribution < -0.4 is 5.32 Å². The summed E-state index contributed by atoms with van der Waals surface area (Å²) >= 11 is 0. The van der Waals surface area contributed by atoms with Crippen molar-refractivity contribution in [3.8, 4) is 5.69 Å². The van der Waals surface area contributed by atoms with Gasteiger partial charge in [-0.05, 0) is 30.7 Å². The van der Waals surface area contributed by atoms with E-state index in [9.17, 15) is 9.59 Å². The summed E-state index contributed by atoms with van der Waals surface area (Å²) in [6.45, 7) is 10.00. The van der Waals surface area contributed by atoms with Crippen molar-refractivity contribution in [3.05, 3.63) is 103 Å². The normalized spacial score (nSPS) is 10.3. The van der Waals surface area contributed by atoms with E-state index in [0.29, 0.717) is 30.0 Å². The molecule has 1 N–H and O–H groups in total. The van der Waals surface area contributed by atoms with E-state index in [1.54, 1.807) is 33.9 Å². The highest BCUT2D eigenvalue weighted by molar-refractivity contribution is 6.09. The van der Waals surface area contributed by atoms with Crippen LogP contribution in [0.3, 0.4) is 0 Å². The Morgan fingerprint density at radius 2 is 1.63 bits per heavy atom. The molecule has 0 aliphatic rings. The third-order valence-electron chi connectivity index (χ3n) is 4.61. The molecule has 0 atom stereocenters. The second-order valence-electron chi connectivity index (χ2n) is 6.71. The molecule has 0 saturated carbocycles. The van der Waals surface area contributed by atoms with Crippen LogP contribution in [0.25, 0.3) is 5.69 Å². The average molecular weight is 400 g/mol. The first-order valence-corrected chi connectivity index (χ1v) is 9.58. The predicted octanol–water partition coefficient (Wildman–Crippen LogP) is 4.25. The summed E-state index contributed by atoms with van der Waals surface area (Å²) in [5.74, 6) is -0.256. The fourth-order valence-corrected chi connectivity index (χ4v) is 3.12. The molecular formula is C24H24N4O2. The van der Waals surface area contributed by atoms with Gasteiger partial charge in [0, 0.05) is 18.7 Å². The highest BCUT2D eigenvalue weighted by Crippen LogP contribution is 2.23. The summed E-state index contributed by atoms with van der Waals surface area (Å²) < 4.78 is 1.56. The number of aryl methyl sites for hydroxylation is 1. The highest BCUT2D eigenvalue weighted by atomic mass is 16.2. The summed E-state index contributed by atoms with van der Waals surface area (Å²) in [7, 11) is 0. The van der Waals surface area contributed by atoms with Gasteiger partial charge in [0.2, 0.25) is 0 Å². The molecule has 3 aromatic rings. The molecule has 6 nitrogen and oxygen atoms in total. The first-order chi connectivity index (χ1) is 14.6. The van der Waals surface area contributed by atoms with Crippen molar-refractivity contribution in [2.75, 3.05) is 18.4 Å². The van der Waals surface area contributed by atoms with Crippen molar-refractivity contribution in [2.24, 2.45) is 0 Å². The molecule has 0 saturated heterocycles. The van der Waals surface area contributed by atoms with Crippen molar-refractivity contribution >= 4 is 17.6 Å². The summed E-state index contributed by atoms with van der Waals surface area (Å²) in [6, 6.07) is 16.6. The molecule has 2 aromatic carbocycles. The van der Waals surface area contributed by atoms with Gasteiger partial charge in [-0.25, -0.2) is 4.68 Å². The highest BCUT2D eigenvalue weighted by Gasteiger charge is 2.24. The van der Waals surface area contributed by atoms with E-state index < -0.39 is 0 Å². The minimum absolute atomic E-state index is 0.267. The van der Waals surface area contributed by atoms with Crippen LogP contribution in [-0.4, -0.2) is 39.6 Å². The van der Waals surface area contributed by atoms with Crippen LogP contribution in [0, 0.1) is 6.92 Å². The second-order valence-corrected chi connectivity index (χ2v) is 6.71. The maximum Gasteiger partial charge on any atom is 0.259 e. The molecular weight excluding hydrogens is 376 g/mol. The van der Waals surface area contributed by atoms with Crippen molar-refractivity contribution < 1.29 is 9.59 Å². The molecule has 2 amide bonds. The number of anilines is 1. The van der Waals surface area contributed by atoms with Gasteiger partial charge < -0.3 is 10.2 Å². The third kappa shape index (κ3) is 4.38. The van der Waals surface area contributed by atoms with Crippen LogP contribution >= 0.6 is 0 Å². The Balaban J connectivity index is 2.05. The van der Waals surface area contributed by atoms with Crippen molar-refractivity contribution in [1.29, 1.82) is 0 Å². The lowest BCUT2D eigenvalue weighted by atomic mass is 10.1. The minimum Gasteiger partial charge on any atom is -0.331 e. The van der Waals surface area contributed by atoms with Gasteiger partial charge in [-0.1, -0.05) is 48.6 Å². The zero-order valence-electron chi connectivity index (χ0n) is 16.9. The predicted molar refractivity (Wildman–Crippen MR) is 119 cm³/mol. The fraction of sp³-hybridized carbons (Fsp3) is 0.125. The summed E-state index contributed by atoms with van der Waals surface area (Å²) in [4.78, 5) is 27.8. The summed E-state index contributed by atoms with van der Waals surface area (Å²) in [5.41, 5.74) is 2.40. The van der Waals surface area contributed by atoms with E-state index in [1.165, 1.54) is 6.20 Å². The molecule has 6 heteroatoms. The number of para-hydroxylation sites is 1. The molecule has 0 fully saturated rings. The zero-order chi connectivity index (χ0) is 21.5. The first-order valence-electron chi connectivity index (χ1n) is 9.58. The van der Waals surface area contributed by atoms with Crippen LogP contribution in [0.15, 0.2) is 86.1 Å². The van der Waals surface area contributed by atoms with Crippen molar-refractivity contribution in [3.63, 3.8) is 0 Å². The maximum atomic E-state index is 13.2. The molecule has 0 aliphatic carbocycles. The standard InChI is InChI=1S/C24H24N4O2/c1-4-15-27(16-5-2)24(30)21-17-25-28(19-12-7-6-8-13-19)22(21)26-23(29)20-14-10-9-11-18(20)3/h4-14,17H,1-2,15-16H2,3H3,(H,26,29). The molecule has 3 rings (SSSR count). The maximum absolute atomic E-state index is 13.2. The van der Waals surface area contributed by atoms with Crippen LogP contribution in [0.4, 0.5) is 5.82 Å². The van der Waals surface area contributed by atoms with Gasteiger partial charge >= 0.3 is 0 Å². The van der Waals surface area contributed by atoms with E-state index in [-0.39, 0.29) is 11.8 Å². The molecule has 0 spiro atoms. The van der Waals surface area contributed by atoms with E-state index in [0.717, 1.165) is 11.3 Å². The Bertz CT molecular complexity index is 1060. The number of nitrogens with one attached hydrogen (secondary N) is 1. The number of rotatable bonds is 8. The van der Waals surface area contributed by atoms with Crippen LogP contribution in [0.1, 0.15) is 26.3 Å². The van der Waals surface area contributed by atoms with E-state index >= 15 is 0 Å². The molecule has 0 aliphatic heterocycles. The second kappa shape index (κ2) is 9.52. The first kappa shape index (κ1) is 20.8. The van der Waals surface area contributed by atoms with E-state index in [4.69, 9.17) is 0 Å². The number of amides is 2. The Morgan fingerprint density at radius 3 is 2.27 bits per heavy atom. The lowest BCUT2D eigenvalue weighted by Gasteiger charge is -2.20. The van der Waals surface area contributed by atoms with Gasteiger partial charge in [-0.3, -0.25) is 9.59 Å². The average Bonchev–Trinajstić information content (AvgIpc) is 3.17. The number of hydrogen-bond donors (Lipinski definition) is 1. The largest absolute Gasteiger partial charge is 0.331 e. The van der Waals surface area contributed by atoms with Crippen molar-refractivity contribution in [1.82, 2.24) is 14.7 Å². The molecule has 0 bridgehead atoms. The van der Waals surface area contributed by atoms with Gasteiger partial charge in [0.25, 0.3) is 11.8 Å². The van der Waals surface area contributed by atoms with Gasteiger partial charge in [-0.2, -0.15) is 5.10 Å². The molecule has 30 heavy (non-hydrogen) atoms. The quantitative estimate of drug-likeness (QED) is 0.575. The SMILES string of the molecule is C=CCN(CC=C)C(=O)c1cnn(-c2ccccc2)c1NC(=O)c1ccccc1C. The molecule has 0 radical (unpaired) electrons. The smallest absolute Gasteiger partial charge is 0.259 e. The molecule has 152 valence electrons. The Labute approximate surface area is 176 Å². The zero-order valence-corrected chi connectivity index (χ0v) is 16.9. The number of nitrogens with zero attached hydrogens (tertiary/aromatic N) is 3. The van der Waals surface area contributed by atoms with Gasteiger partial charge in [0.1, 0.15) is 11.4 Å². The van der Waals surface area contributed by atoms with Crippen LogP contribution in [0.5, 0.6) is 0 Å². The topological polar surface area (TPSA) is 67.2 Å². The summed E-state index contributed by atoms with van der Waals surface area (Å²) in [5, 5.41) is 7.28. The number of aromatic nitrogens is 2. The number of hydrogen-bond acceptors (Lipinski definition) is 3. The number of benzene rings is 2.